The van der Waals surface area contributed by atoms with Crippen LogP contribution in [-0.2, 0) is 20.1 Å². The van der Waals surface area contributed by atoms with Crippen molar-refractivity contribution in [3.63, 3.8) is 0 Å². The van der Waals surface area contributed by atoms with Gasteiger partial charge in [0.1, 0.15) is 11.3 Å². The SMILES string of the molecule is CC(C)c1ccnc(-c2ccccc2O)c1.Cc1cnc(-c2[c-]ccc3c2oc2ccccc23)cc1C.[Ir]. The molecule has 0 saturated carbocycles. The molecule has 1 N–H and O–H groups in total. The quantitative estimate of drug-likeness (QED) is 0.191. The van der Waals surface area contributed by atoms with E-state index in [1.54, 1.807) is 12.3 Å². The number of hydrogen-bond donors (Lipinski definition) is 1. The maximum Gasteiger partial charge on any atom is 0.124 e. The van der Waals surface area contributed by atoms with Crippen LogP contribution in [0.2, 0.25) is 0 Å². The fraction of sp³-hybridized carbons (Fsp3) is 0.152. The minimum Gasteiger partial charge on any atom is -0.507 e. The van der Waals surface area contributed by atoms with Gasteiger partial charge in [-0.3, -0.25) is 4.98 Å². The zero-order chi connectivity index (χ0) is 25.9. The number of nitrogens with zero attached hydrogens (tertiary/aromatic N) is 2. The van der Waals surface area contributed by atoms with E-state index >= 15 is 0 Å². The van der Waals surface area contributed by atoms with Crippen molar-refractivity contribution in [1.29, 1.82) is 0 Å². The zero-order valence-electron chi connectivity index (χ0n) is 21.8. The molecule has 0 spiro atoms. The van der Waals surface area contributed by atoms with Gasteiger partial charge in [-0.1, -0.05) is 66.8 Å². The molecule has 0 aliphatic carbocycles. The third-order valence-electron chi connectivity index (χ3n) is 6.60. The molecule has 0 aliphatic rings. The van der Waals surface area contributed by atoms with Gasteiger partial charge in [0.15, 0.2) is 0 Å². The second-order valence-electron chi connectivity index (χ2n) is 9.49. The topological polar surface area (TPSA) is 59.2 Å². The first-order valence-corrected chi connectivity index (χ1v) is 12.4. The summed E-state index contributed by atoms with van der Waals surface area (Å²) in [5.41, 5.74) is 8.83. The van der Waals surface area contributed by atoms with E-state index in [0.29, 0.717) is 5.92 Å². The van der Waals surface area contributed by atoms with Gasteiger partial charge in [0.05, 0.1) is 11.3 Å². The predicted octanol–water partition coefficient (Wildman–Crippen LogP) is 8.64. The Kier molecular flexibility index (Phi) is 8.41. The minimum absolute atomic E-state index is 0. The molecule has 0 amide bonds. The first-order chi connectivity index (χ1) is 17.9. The molecule has 193 valence electrons. The van der Waals surface area contributed by atoms with Crippen molar-refractivity contribution in [3.05, 3.63) is 114 Å². The van der Waals surface area contributed by atoms with Crippen molar-refractivity contribution in [2.75, 3.05) is 0 Å². The average Bonchev–Trinajstić information content (AvgIpc) is 3.30. The van der Waals surface area contributed by atoms with Crippen molar-refractivity contribution in [1.82, 2.24) is 9.97 Å². The molecule has 0 aliphatic heterocycles. The van der Waals surface area contributed by atoms with Gasteiger partial charge in [0.2, 0.25) is 0 Å². The molecule has 0 bridgehead atoms. The number of hydrogen-bond acceptors (Lipinski definition) is 4. The Hall–Kier alpha value is -3.79. The first kappa shape index (κ1) is 27.2. The van der Waals surface area contributed by atoms with Crippen molar-refractivity contribution in [2.45, 2.75) is 33.6 Å². The number of furan rings is 1. The number of aryl methyl sites for hydroxylation is 2. The van der Waals surface area contributed by atoms with Crippen LogP contribution in [0.4, 0.5) is 0 Å². The van der Waals surface area contributed by atoms with Crippen LogP contribution in [0.1, 0.15) is 36.5 Å². The molecule has 6 rings (SSSR count). The number of fused-ring (bicyclic) bond motifs is 3. The third-order valence-corrected chi connectivity index (χ3v) is 6.60. The summed E-state index contributed by atoms with van der Waals surface area (Å²) in [4.78, 5) is 8.83. The van der Waals surface area contributed by atoms with Crippen LogP contribution in [0.3, 0.4) is 0 Å². The molecule has 0 unspecified atom stereocenters. The molecule has 0 atom stereocenters. The van der Waals surface area contributed by atoms with Crippen molar-refractivity contribution in [3.8, 4) is 28.3 Å². The standard InChI is InChI=1S/C19H14NO.C14H15NO.Ir/c1-12-10-17(20-11-13(12)2)16-8-5-7-15-14-6-3-4-9-18(14)21-19(15)16;1-10(2)11-7-8-15-13(9-11)12-5-3-4-6-14(12)16;/h3-7,9-11H,1-2H3;3-10,16H,1-2H3;/q-1;;. The van der Waals surface area contributed by atoms with Crippen LogP contribution < -0.4 is 0 Å². The predicted molar refractivity (Wildman–Crippen MR) is 151 cm³/mol. The number of rotatable bonds is 3. The van der Waals surface area contributed by atoms with Gasteiger partial charge in [0.25, 0.3) is 0 Å². The van der Waals surface area contributed by atoms with E-state index in [0.717, 1.165) is 44.5 Å². The zero-order valence-corrected chi connectivity index (χ0v) is 24.2. The molecule has 3 aromatic carbocycles. The van der Waals surface area contributed by atoms with Crippen molar-refractivity contribution < 1.29 is 29.6 Å². The van der Waals surface area contributed by atoms with Crippen LogP contribution in [0.25, 0.3) is 44.5 Å². The van der Waals surface area contributed by atoms with Gasteiger partial charge >= 0.3 is 0 Å². The molecular weight excluding hydrogens is 649 g/mol. The number of aromatic nitrogens is 2. The second kappa shape index (κ2) is 11.7. The van der Waals surface area contributed by atoms with Crippen LogP contribution >= 0.6 is 0 Å². The summed E-state index contributed by atoms with van der Waals surface area (Å²) in [6.45, 7) is 8.45. The normalized spacial score (nSPS) is 10.8. The van der Waals surface area contributed by atoms with E-state index in [1.165, 1.54) is 16.7 Å². The molecular formula is C33H29IrN2O2-. The number of para-hydroxylation sites is 2. The Morgan fingerprint density at radius 1 is 0.816 bits per heavy atom. The summed E-state index contributed by atoms with van der Waals surface area (Å²) in [5, 5.41) is 12.0. The van der Waals surface area contributed by atoms with E-state index in [9.17, 15) is 5.11 Å². The summed E-state index contributed by atoms with van der Waals surface area (Å²) in [7, 11) is 0. The van der Waals surface area contributed by atoms with Crippen LogP contribution in [0.5, 0.6) is 5.75 Å². The van der Waals surface area contributed by atoms with E-state index in [2.05, 4.69) is 55.9 Å². The largest absolute Gasteiger partial charge is 0.507 e. The molecule has 3 heterocycles. The maximum atomic E-state index is 9.75. The Balaban J connectivity index is 0.000000179. The fourth-order valence-electron chi connectivity index (χ4n) is 4.29. The van der Waals surface area contributed by atoms with E-state index < -0.39 is 0 Å². The summed E-state index contributed by atoms with van der Waals surface area (Å²) in [6.07, 6.45) is 3.69. The van der Waals surface area contributed by atoms with E-state index in [-0.39, 0.29) is 25.9 Å². The average molecular weight is 678 g/mol. The molecule has 3 aromatic heterocycles. The summed E-state index contributed by atoms with van der Waals surface area (Å²) >= 11 is 0. The van der Waals surface area contributed by atoms with Crippen molar-refractivity contribution >= 4 is 21.9 Å². The Bertz CT molecular complexity index is 1710. The molecule has 5 heteroatoms. The van der Waals surface area contributed by atoms with Crippen LogP contribution in [-0.4, -0.2) is 15.1 Å². The van der Waals surface area contributed by atoms with Gasteiger partial charge in [-0.2, -0.15) is 0 Å². The molecule has 4 nitrogen and oxygen atoms in total. The summed E-state index contributed by atoms with van der Waals surface area (Å²) < 4.78 is 6.04. The van der Waals surface area contributed by atoms with Gasteiger partial charge in [-0.15, -0.1) is 18.2 Å². The fourth-order valence-corrected chi connectivity index (χ4v) is 4.29. The van der Waals surface area contributed by atoms with Gasteiger partial charge < -0.3 is 14.5 Å². The molecule has 1 radical (unpaired) electrons. The summed E-state index contributed by atoms with van der Waals surface area (Å²) in [6, 6.07) is 28.8. The molecule has 38 heavy (non-hydrogen) atoms. The van der Waals surface area contributed by atoms with Gasteiger partial charge in [-0.25, -0.2) is 0 Å². The smallest absolute Gasteiger partial charge is 0.124 e. The Labute approximate surface area is 236 Å². The number of phenols is 1. The maximum absolute atomic E-state index is 9.75. The van der Waals surface area contributed by atoms with Crippen LogP contribution in [0, 0.1) is 19.9 Å². The number of pyridine rings is 2. The molecule has 0 fully saturated rings. The molecule has 6 aromatic rings. The van der Waals surface area contributed by atoms with E-state index in [1.807, 2.05) is 66.9 Å². The minimum atomic E-state index is 0. The monoisotopic (exact) mass is 678 g/mol. The van der Waals surface area contributed by atoms with Gasteiger partial charge in [0, 0.05) is 43.4 Å². The Morgan fingerprint density at radius 2 is 1.58 bits per heavy atom. The van der Waals surface area contributed by atoms with Crippen molar-refractivity contribution in [2.24, 2.45) is 0 Å². The first-order valence-electron chi connectivity index (χ1n) is 12.4. The number of aromatic hydroxyl groups is 1. The summed E-state index contributed by atoms with van der Waals surface area (Å²) in [5.74, 6) is 0.739. The second-order valence-corrected chi connectivity index (χ2v) is 9.49. The molecule has 0 saturated heterocycles. The Morgan fingerprint density at radius 3 is 2.34 bits per heavy atom. The van der Waals surface area contributed by atoms with Gasteiger partial charge in [-0.05, 0) is 66.9 Å². The van der Waals surface area contributed by atoms with E-state index in [4.69, 9.17) is 4.42 Å². The number of phenolic OH excluding ortho intramolecular Hbond substituents is 1. The third kappa shape index (κ3) is 5.55. The number of benzene rings is 3. The van der Waals surface area contributed by atoms with Crippen LogP contribution in [0.15, 0.2) is 95.7 Å².